The summed E-state index contributed by atoms with van der Waals surface area (Å²) < 4.78 is 12.3. The van der Waals surface area contributed by atoms with Gasteiger partial charge in [-0.05, 0) is 12.8 Å². The smallest absolute Gasteiger partial charge is 0.0928 e. The Hall–Kier alpha value is -0.330. The van der Waals surface area contributed by atoms with E-state index in [0.717, 1.165) is 19.3 Å². The minimum absolute atomic E-state index is 0.160. The fraction of sp³-hybridized carbons (Fsp3) is 0.812. The van der Waals surface area contributed by atoms with Gasteiger partial charge < -0.3 is 0 Å². The molecule has 0 aliphatic rings. The maximum atomic E-state index is 12.3. The minimum atomic E-state index is -0.160. The van der Waals surface area contributed by atoms with Gasteiger partial charge in [-0.2, -0.15) is 0 Å². The second-order valence-electron chi connectivity index (χ2n) is 5.01. The summed E-state index contributed by atoms with van der Waals surface area (Å²) in [7, 11) is 0. The van der Waals surface area contributed by atoms with Crippen LogP contribution in [0.1, 0.15) is 83.5 Å². The summed E-state index contributed by atoms with van der Waals surface area (Å²) in [5.74, 6) is -0.160. The first kappa shape index (κ1) is 16.7. The third-order valence-corrected chi connectivity index (χ3v) is 3.20. The molecule has 0 spiro atoms. The topological polar surface area (TPSA) is 0 Å². The summed E-state index contributed by atoms with van der Waals surface area (Å²) in [6.45, 7) is 7.12. The van der Waals surface area contributed by atoms with E-state index in [0.29, 0.717) is 6.42 Å². The van der Waals surface area contributed by atoms with Crippen molar-refractivity contribution < 1.29 is 4.39 Å². The van der Waals surface area contributed by atoms with Gasteiger partial charge in [-0.25, -0.2) is 4.39 Å². The standard InChI is InChI=1S/C16H30F/c1-3-4-5-6-7-8-9-10-11-12-13-14-15-16(2)17/h1-15H2. The fourth-order valence-electron chi connectivity index (χ4n) is 2.08. The molecule has 0 fully saturated rings. The van der Waals surface area contributed by atoms with Crippen LogP contribution in [0.2, 0.25) is 0 Å². The monoisotopic (exact) mass is 241 g/mol. The fourth-order valence-corrected chi connectivity index (χ4v) is 2.08. The molecule has 0 aliphatic carbocycles. The molecule has 0 saturated carbocycles. The molecule has 101 valence electrons. The van der Waals surface area contributed by atoms with Crippen molar-refractivity contribution in [3.05, 3.63) is 19.3 Å². The van der Waals surface area contributed by atoms with Gasteiger partial charge in [0.15, 0.2) is 0 Å². The molecular formula is C16H30F. The zero-order chi connectivity index (χ0) is 12.8. The van der Waals surface area contributed by atoms with Crippen LogP contribution in [0.25, 0.3) is 0 Å². The van der Waals surface area contributed by atoms with Crippen molar-refractivity contribution in [1.29, 1.82) is 0 Å². The van der Waals surface area contributed by atoms with Gasteiger partial charge >= 0.3 is 0 Å². The predicted octanol–water partition coefficient (Wildman–Crippen LogP) is 6.37. The molecule has 1 heteroatoms. The van der Waals surface area contributed by atoms with Gasteiger partial charge in [0.25, 0.3) is 0 Å². The van der Waals surface area contributed by atoms with E-state index in [9.17, 15) is 4.39 Å². The average Bonchev–Trinajstić information content (AvgIpc) is 2.30. The van der Waals surface area contributed by atoms with Crippen molar-refractivity contribution >= 4 is 0 Å². The van der Waals surface area contributed by atoms with Crippen LogP contribution in [0, 0.1) is 6.92 Å². The summed E-state index contributed by atoms with van der Waals surface area (Å²) in [6.07, 6.45) is 15.9. The number of halogens is 1. The van der Waals surface area contributed by atoms with Gasteiger partial charge in [0.1, 0.15) is 0 Å². The SMILES string of the molecule is [CH2]CCCCCCCCCCCCCC(=C)F. The van der Waals surface area contributed by atoms with E-state index >= 15 is 0 Å². The Morgan fingerprint density at radius 2 is 1.00 bits per heavy atom. The van der Waals surface area contributed by atoms with Gasteiger partial charge in [-0.3, -0.25) is 0 Å². The zero-order valence-corrected chi connectivity index (χ0v) is 11.5. The third kappa shape index (κ3) is 15.7. The third-order valence-electron chi connectivity index (χ3n) is 3.20. The van der Waals surface area contributed by atoms with Gasteiger partial charge in [0, 0.05) is 0 Å². The number of allylic oxidation sites excluding steroid dienone is 1. The van der Waals surface area contributed by atoms with E-state index in [2.05, 4.69) is 13.5 Å². The first-order chi connectivity index (χ1) is 8.27. The van der Waals surface area contributed by atoms with Crippen molar-refractivity contribution in [3.63, 3.8) is 0 Å². The Labute approximate surface area is 108 Å². The van der Waals surface area contributed by atoms with Crippen molar-refractivity contribution in [2.75, 3.05) is 0 Å². The first-order valence-corrected chi connectivity index (χ1v) is 7.40. The Kier molecular flexibility index (Phi) is 13.5. The maximum absolute atomic E-state index is 12.3. The number of rotatable bonds is 13. The molecule has 0 aliphatic heterocycles. The van der Waals surface area contributed by atoms with E-state index < -0.39 is 0 Å². The Morgan fingerprint density at radius 1 is 0.647 bits per heavy atom. The van der Waals surface area contributed by atoms with E-state index in [1.165, 1.54) is 57.8 Å². The highest BCUT2D eigenvalue weighted by atomic mass is 19.1. The van der Waals surface area contributed by atoms with Crippen LogP contribution in [-0.4, -0.2) is 0 Å². The number of unbranched alkanes of at least 4 members (excludes halogenated alkanes) is 11. The zero-order valence-electron chi connectivity index (χ0n) is 11.5. The highest BCUT2D eigenvalue weighted by molar-refractivity contribution is 4.78. The minimum Gasteiger partial charge on any atom is -0.212 e. The summed E-state index contributed by atoms with van der Waals surface area (Å²) in [5.41, 5.74) is 0. The molecule has 0 nitrogen and oxygen atoms in total. The lowest BCUT2D eigenvalue weighted by Crippen LogP contribution is -1.82. The first-order valence-electron chi connectivity index (χ1n) is 7.40. The van der Waals surface area contributed by atoms with Crippen LogP contribution in [0.5, 0.6) is 0 Å². The van der Waals surface area contributed by atoms with Crippen molar-refractivity contribution in [3.8, 4) is 0 Å². The molecule has 0 unspecified atom stereocenters. The Bertz CT molecular complexity index is 163. The van der Waals surface area contributed by atoms with Crippen LogP contribution in [0.15, 0.2) is 12.4 Å². The molecule has 1 radical (unpaired) electrons. The normalized spacial score (nSPS) is 10.7. The van der Waals surface area contributed by atoms with E-state index in [1.54, 1.807) is 0 Å². The number of hydrogen-bond donors (Lipinski definition) is 0. The molecule has 0 aromatic carbocycles. The lowest BCUT2D eigenvalue weighted by molar-refractivity contribution is 0.527. The highest BCUT2D eigenvalue weighted by Gasteiger charge is 1.94. The second kappa shape index (κ2) is 13.7. The largest absolute Gasteiger partial charge is 0.212 e. The predicted molar refractivity (Wildman–Crippen MR) is 75.6 cm³/mol. The molecule has 0 saturated heterocycles. The van der Waals surface area contributed by atoms with Crippen LogP contribution in [0.4, 0.5) is 4.39 Å². The van der Waals surface area contributed by atoms with E-state index in [1.807, 2.05) is 0 Å². The molecule has 0 atom stereocenters. The summed E-state index contributed by atoms with van der Waals surface area (Å²) in [5, 5.41) is 0. The van der Waals surface area contributed by atoms with Crippen LogP contribution in [0.3, 0.4) is 0 Å². The van der Waals surface area contributed by atoms with Crippen LogP contribution in [-0.2, 0) is 0 Å². The van der Waals surface area contributed by atoms with E-state index in [4.69, 9.17) is 0 Å². The van der Waals surface area contributed by atoms with Gasteiger partial charge in [-0.1, -0.05) is 84.1 Å². The summed E-state index contributed by atoms with van der Waals surface area (Å²) >= 11 is 0. The molecular weight excluding hydrogens is 211 g/mol. The number of hydrogen-bond acceptors (Lipinski definition) is 0. The maximum Gasteiger partial charge on any atom is 0.0928 e. The lowest BCUT2D eigenvalue weighted by Gasteiger charge is -2.02. The van der Waals surface area contributed by atoms with Crippen molar-refractivity contribution in [2.24, 2.45) is 0 Å². The second-order valence-corrected chi connectivity index (χ2v) is 5.01. The lowest BCUT2D eigenvalue weighted by atomic mass is 10.0. The summed E-state index contributed by atoms with van der Waals surface area (Å²) in [4.78, 5) is 0. The van der Waals surface area contributed by atoms with Gasteiger partial charge in [-0.15, -0.1) is 0 Å². The Morgan fingerprint density at radius 3 is 1.35 bits per heavy atom. The summed E-state index contributed by atoms with van der Waals surface area (Å²) in [6, 6.07) is 0. The molecule has 17 heavy (non-hydrogen) atoms. The Balaban J connectivity index is 2.91. The molecule has 0 heterocycles. The van der Waals surface area contributed by atoms with Crippen molar-refractivity contribution in [1.82, 2.24) is 0 Å². The van der Waals surface area contributed by atoms with Crippen LogP contribution >= 0.6 is 0 Å². The highest BCUT2D eigenvalue weighted by Crippen LogP contribution is 2.13. The average molecular weight is 241 g/mol. The van der Waals surface area contributed by atoms with Crippen LogP contribution < -0.4 is 0 Å². The molecule has 0 N–H and O–H groups in total. The molecule has 0 amide bonds. The molecule has 0 rings (SSSR count). The van der Waals surface area contributed by atoms with Gasteiger partial charge in [0.2, 0.25) is 0 Å². The van der Waals surface area contributed by atoms with Gasteiger partial charge in [0.05, 0.1) is 5.83 Å². The quantitative estimate of drug-likeness (QED) is 0.328. The molecule has 0 bridgehead atoms. The van der Waals surface area contributed by atoms with E-state index in [-0.39, 0.29) is 5.83 Å². The molecule has 0 aromatic heterocycles. The van der Waals surface area contributed by atoms with Crippen molar-refractivity contribution in [2.45, 2.75) is 83.5 Å². The molecule has 0 aromatic rings.